The second-order valence-corrected chi connectivity index (χ2v) is 8.98. The molecule has 4 rings (SSSR count). The molecule has 1 N–H and O–H groups in total. The zero-order chi connectivity index (χ0) is 25.1. The summed E-state index contributed by atoms with van der Waals surface area (Å²) in [6, 6.07) is 15.3. The maximum atomic E-state index is 12.9. The average molecular weight is 488 g/mol. The van der Waals surface area contributed by atoms with Crippen molar-refractivity contribution >= 4 is 23.5 Å². The summed E-state index contributed by atoms with van der Waals surface area (Å²) in [6.45, 7) is 7.67. The highest BCUT2D eigenvalue weighted by Crippen LogP contribution is 2.31. The number of nitrogens with zero attached hydrogens (tertiary/aromatic N) is 6. The third-order valence-electron chi connectivity index (χ3n) is 5.62. The Kier molecular flexibility index (Phi) is 6.89. The molecule has 10 heteroatoms. The molecule has 0 saturated carbocycles. The van der Waals surface area contributed by atoms with Gasteiger partial charge in [0.15, 0.2) is 5.82 Å². The number of methoxy groups -OCH3 is 1. The van der Waals surface area contributed by atoms with Gasteiger partial charge in [-0.2, -0.15) is 10.4 Å². The zero-order valence-corrected chi connectivity index (χ0v) is 21.0. The van der Waals surface area contributed by atoms with Gasteiger partial charge in [0.25, 0.3) is 0 Å². The molecule has 0 spiro atoms. The van der Waals surface area contributed by atoms with Gasteiger partial charge in [-0.05, 0) is 75.7 Å². The molecule has 1 aromatic carbocycles. The summed E-state index contributed by atoms with van der Waals surface area (Å²) >= 11 is 1.27. The van der Waals surface area contributed by atoms with Crippen molar-refractivity contribution in [2.24, 2.45) is 0 Å². The lowest BCUT2D eigenvalue weighted by Crippen LogP contribution is -2.18. The smallest absolute Gasteiger partial charge is 0.235 e. The van der Waals surface area contributed by atoms with E-state index < -0.39 is 0 Å². The molecule has 4 aromatic rings. The molecule has 35 heavy (non-hydrogen) atoms. The molecule has 0 bridgehead atoms. The van der Waals surface area contributed by atoms with Crippen molar-refractivity contribution in [3.8, 4) is 23.3 Å². The molecular formula is C25H25N7O2S. The number of aromatic nitrogens is 5. The van der Waals surface area contributed by atoms with Crippen LogP contribution in [0, 0.1) is 39.0 Å². The van der Waals surface area contributed by atoms with Crippen molar-refractivity contribution in [1.29, 1.82) is 5.26 Å². The molecule has 0 aliphatic heterocycles. The van der Waals surface area contributed by atoms with Crippen molar-refractivity contribution < 1.29 is 9.53 Å². The molecule has 1 amide bonds. The van der Waals surface area contributed by atoms with E-state index in [2.05, 4.69) is 26.7 Å². The number of thioether (sulfide) groups is 1. The fourth-order valence-electron chi connectivity index (χ4n) is 3.79. The monoisotopic (exact) mass is 487 g/mol. The SMILES string of the molecule is COc1ccc(-n2c(C)c(C)c(C#N)c2NC(=O)CSc2ccc(-n3nc(C)cc3C)nn2)cc1. The first-order chi connectivity index (χ1) is 16.8. The molecular weight excluding hydrogens is 462 g/mol. The normalized spacial score (nSPS) is 10.7. The second-order valence-electron chi connectivity index (χ2n) is 7.98. The van der Waals surface area contributed by atoms with E-state index in [1.54, 1.807) is 11.8 Å². The van der Waals surface area contributed by atoms with Gasteiger partial charge in [0.1, 0.15) is 22.7 Å². The number of rotatable bonds is 7. The van der Waals surface area contributed by atoms with E-state index in [9.17, 15) is 10.1 Å². The summed E-state index contributed by atoms with van der Waals surface area (Å²) < 4.78 is 8.84. The van der Waals surface area contributed by atoms with Gasteiger partial charge in [0, 0.05) is 17.1 Å². The van der Waals surface area contributed by atoms with E-state index >= 15 is 0 Å². The summed E-state index contributed by atoms with van der Waals surface area (Å²) in [6.07, 6.45) is 0. The Hall–Kier alpha value is -4.10. The minimum Gasteiger partial charge on any atom is -0.497 e. The molecule has 0 aliphatic rings. The van der Waals surface area contributed by atoms with Crippen LogP contribution in [-0.2, 0) is 4.79 Å². The van der Waals surface area contributed by atoms with Crippen molar-refractivity contribution in [2.75, 3.05) is 18.2 Å². The molecule has 0 atom stereocenters. The summed E-state index contributed by atoms with van der Waals surface area (Å²) in [4.78, 5) is 12.9. The van der Waals surface area contributed by atoms with E-state index in [1.807, 2.05) is 74.7 Å². The Morgan fingerprint density at radius 2 is 1.86 bits per heavy atom. The molecule has 0 radical (unpaired) electrons. The van der Waals surface area contributed by atoms with E-state index in [0.29, 0.717) is 22.2 Å². The average Bonchev–Trinajstić information content (AvgIpc) is 3.32. The number of carbonyl (C=O) groups excluding carboxylic acids is 1. The van der Waals surface area contributed by atoms with Crippen LogP contribution in [0.25, 0.3) is 11.5 Å². The molecule has 3 heterocycles. The van der Waals surface area contributed by atoms with Gasteiger partial charge in [0.2, 0.25) is 5.91 Å². The van der Waals surface area contributed by atoms with Crippen molar-refractivity contribution in [3.05, 3.63) is 70.7 Å². The Morgan fingerprint density at radius 1 is 1.11 bits per heavy atom. The van der Waals surface area contributed by atoms with Gasteiger partial charge in [-0.1, -0.05) is 11.8 Å². The lowest BCUT2D eigenvalue weighted by molar-refractivity contribution is -0.113. The van der Waals surface area contributed by atoms with Crippen molar-refractivity contribution in [2.45, 2.75) is 32.7 Å². The van der Waals surface area contributed by atoms with E-state index in [0.717, 1.165) is 34.1 Å². The number of nitrogens with one attached hydrogen (secondary N) is 1. The minimum atomic E-state index is -0.247. The Balaban J connectivity index is 1.50. The highest BCUT2D eigenvalue weighted by atomic mass is 32.2. The summed E-state index contributed by atoms with van der Waals surface area (Å²) in [5.74, 6) is 1.66. The fourth-order valence-corrected chi connectivity index (χ4v) is 4.40. The van der Waals surface area contributed by atoms with Crippen LogP contribution < -0.4 is 10.1 Å². The molecule has 0 unspecified atom stereocenters. The Morgan fingerprint density at radius 3 is 2.43 bits per heavy atom. The Bertz CT molecular complexity index is 1410. The molecule has 0 fully saturated rings. The fraction of sp³-hybridized carbons (Fsp3) is 0.240. The second kappa shape index (κ2) is 10.0. The van der Waals surface area contributed by atoms with Crippen LogP contribution >= 0.6 is 11.8 Å². The maximum Gasteiger partial charge on any atom is 0.235 e. The quantitative estimate of drug-likeness (QED) is 0.387. The third-order valence-corrected chi connectivity index (χ3v) is 6.54. The van der Waals surface area contributed by atoms with Gasteiger partial charge in [-0.3, -0.25) is 9.36 Å². The van der Waals surface area contributed by atoms with Crippen LogP contribution in [0.4, 0.5) is 5.82 Å². The van der Waals surface area contributed by atoms with Crippen LogP contribution in [0.15, 0.2) is 47.5 Å². The molecule has 9 nitrogen and oxygen atoms in total. The topological polar surface area (TPSA) is 111 Å². The van der Waals surface area contributed by atoms with Gasteiger partial charge < -0.3 is 10.1 Å². The number of anilines is 1. The third kappa shape index (κ3) is 4.90. The number of hydrogen-bond acceptors (Lipinski definition) is 7. The van der Waals surface area contributed by atoms with Gasteiger partial charge >= 0.3 is 0 Å². The number of aryl methyl sites for hydroxylation is 2. The molecule has 3 aromatic heterocycles. The largest absolute Gasteiger partial charge is 0.497 e. The predicted molar refractivity (Wildman–Crippen MR) is 134 cm³/mol. The first-order valence-electron chi connectivity index (χ1n) is 10.9. The van der Waals surface area contributed by atoms with E-state index in [1.165, 1.54) is 11.8 Å². The van der Waals surface area contributed by atoms with Crippen LogP contribution in [0.5, 0.6) is 5.75 Å². The first kappa shape index (κ1) is 24.0. The zero-order valence-electron chi connectivity index (χ0n) is 20.2. The summed E-state index contributed by atoms with van der Waals surface area (Å²) in [5, 5.41) is 26.2. The number of ether oxygens (including phenoxy) is 1. The Labute approximate surface area is 207 Å². The van der Waals surface area contributed by atoms with Crippen molar-refractivity contribution in [3.63, 3.8) is 0 Å². The van der Waals surface area contributed by atoms with Crippen LogP contribution in [0.2, 0.25) is 0 Å². The van der Waals surface area contributed by atoms with Crippen LogP contribution in [0.1, 0.15) is 28.2 Å². The summed E-state index contributed by atoms with van der Waals surface area (Å²) in [7, 11) is 1.61. The molecule has 178 valence electrons. The number of hydrogen-bond donors (Lipinski definition) is 1. The number of carbonyl (C=O) groups is 1. The maximum absolute atomic E-state index is 12.9. The van der Waals surface area contributed by atoms with Crippen molar-refractivity contribution in [1.82, 2.24) is 24.5 Å². The molecule has 0 saturated heterocycles. The number of benzene rings is 1. The highest BCUT2D eigenvalue weighted by molar-refractivity contribution is 7.99. The van der Waals surface area contributed by atoms with Crippen LogP contribution in [-0.4, -0.2) is 43.3 Å². The predicted octanol–water partition coefficient (Wildman–Crippen LogP) is 4.30. The van der Waals surface area contributed by atoms with Crippen LogP contribution in [0.3, 0.4) is 0 Å². The number of amides is 1. The minimum absolute atomic E-state index is 0.116. The van der Waals surface area contributed by atoms with E-state index in [4.69, 9.17) is 4.74 Å². The van der Waals surface area contributed by atoms with E-state index in [-0.39, 0.29) is 11.7 Å². The molecule has 0 aliphatic carbocycles. The van der Waals surface area contributed by atoms with Gasteiger partial charge in [0.05, 0.1) is 24.1 Å². The lowest BCUT2D eigenvalue weighted by Gasteiger charge is -2.13. The first-order valence-corrected chi connectivity index (χ1v) is 11.9. The standard InChI is InChI=1S/C25H25N7O2S/c1-15-12-16(2)32(30-15)22-10-11-24(29-28-22)35-14-23(33)27-25-21(13-26)17(3)18(4)31(25)19-6-8-20(34-5)9-7-19/h6-12H,14H2,1-5H3,(H,27,33). The lowest BCUT2D eigenvalue weighted by atomic mass is 10.2. The van der Waals surface area contributed by atoms with Gasteiger partial charge in [-0.25, -0.2) is 4.68 Å². The van der Waals surface area contributed by atoms with Gasteiger partial charge in [-0.15, -0.1) is 10.2 Å². The summed E-state index contributed by atoms with van der Waals surface area (Å²) in [5.41, 5.74) is 4.82. The highest BCUT2D eigenvalue weighted by Gasteiger charge is 2.21. The number of nitriles is 1.